The Morgan fingerprint density at radius 1 is 0.971 bits per heavy atom. The van der Waals surface area contributed by atoms with Gasteiger partial charge in [-0.3, -0.25) is 4.79 Å². The van der Waals surface area contributed by atoms with Crippen LogP contribution in [0.15, 0.2) is 48.5 Å². The van der Waals surface area contributed by atoms with Crippen molar-refractivity contribution in [2.75, 3.05) is 0 Å². The van der Waals surface area contributed by atoms with Crippen molar-refractivity contribution >= 4 is 28.5 Å². The number of para-hydroxylation sites is 2. The van der Waals surface area contributed by atoms with Gasteiger partial charge in [0.1, 0.15) is 12.3 Å². The molecule has 1 amide bonds. The van der Waals surface area contributed by atoms with Crippen molar-refractivity contribution in [3.63, 3.8) is 0 Å². The molecule has 5 rings (SSSR count). The molecule has 0 radical (unpaired) electrons. The number of hydrogen-bond acceptors (Lipinski definition) is 3. The number of amides is 1. The maximum absolute atomic E-state index is 14.0. The Balaban J connectivity index is 1.44. The first-order chi connectivity index (χ1) is 17.1. The summed E-state index contributed by atoms with van der Waals surface area (Å²) in [6.45, 7) is 2.30. The smallest absolute Gasteiger partial charge is 0.243 e. The van der Waals surface area contributed by atoms with Crippen molar-refractivity contribution in [1.82, 2.24) is 14.5 Å². The third kappa shape index (κ3) is 5.50. The van der Waals surface area contributed by atoms with Gasteiger partial charge in [0, 0.05) is 17.1 Å². The van der Waals surface area contributed by atoms with Crippen molar-refractivity contribution in [3.05, 3.63) is 59.4 Å². The highest BCUT2D eigenvalue weighted by Gasteiger charge is 2.33. The molecule has 2 saturated carbocycles. The number of hydrogen-bond donors (Lipinski definition) is 0. The van der Waals surface area contributed by atoms with Gasteiger partial charge in [-0.2, -0.15) is 0 Å². The van der Waals surface area contributed by atoms with Gasteiger partial charge < -0.3 is 14.2 Å². The van der Waals surface area contributed by atoms with Crippen molar-refractivity contribution in [1.29, 1.82) is 0 Å². The van der Waals surface area contributed by atoms with E-state index in [2.05, 4.69) is 15.5 Å². The second-order valence-electron chi connectivity index (χ2n) is 10.1. The van der Waals surface area contributed by atoms with Gasteiger partial charge in [0.2, 0.25) is 5.91 Å². The Labute approximate surface area is 213 Å². The highest BCUT2D eigenvalue weighted by atomic mass is 35.5. The van der Waals surface area contributed by atoms with Crippen molar-refractivity contribution in [2.24, 2.45) is 0 Å². The van der Waals surface area contributed by atoms with E-state index < -0.39 is 0 Å². The van der Waals surface area contributed by atoms with Gasteiger partial charge in [-0.1, -0.05) is 62.3 Å². The molecular weight excluding hydrogens is 458 g/mol. The zero-order valence-electron chi connectivity index (χ0n) is 20.7. The minimum absolute atomic E-state index is 0.229. The molecule has 3 aromatic rings. The number of rotatable bonds is 7. The van der Waals surface area contributed by atoms with Crippen LogP contribution in [0.4, 0.5) is 0 Å². The van der Waals surface area contributed by atoms with Crippen molar-refractivity contribution < 1.29 is 9.53 Å². The molecule has 35 heavy (non-hydrogen) atoms. The first-order valence-corrected chi connectivity index (χ1v) is 13.7. The van der Waals surface area contributed by atoms with E-state index in [0.717, 1.165) is 48.3 Å². The molecular formula is C29H36ClN3O2. The van der Waals surface area contributed by atoms with E-state index >= 15 is 0 Å². The lowest BCUT2D eigenvalue weighted by molar-refractivity contribution is -0.138. The number of ether oxygens (including phenoxy) is 1. The lowest BCUT2D eigenvalue weighted by atomic mass is 9.88. The fourth-order valence-corrected chi connectivity index (χ4v) is 6.11. The average molecular weight is 494 g/mol. The molecule has 0 aliphatic heterocycles. The van der Waals surface area contributed by atoms with Crippen LogP contribution in [0, 0.1) is 0 Å². The fraction of sp³-hybridized carbons (Fsp3) is 0.517. The normalized spacial score (nSPS) is 18.5. The molecule has 5 nitrogen and oxygen atoms in total. The second-order valence-corrected chi connectivity index (χ2v) is 10.6. The van der Waals surface area contributed by atoms with Gasteiger partial charge in [-0.05, 0) is 69.0 Å². The largest absolute Gasteiger partial charge is 0.483 e. The molecule has 0 N–H and O–H groups in total. The van der Waals surface area contributed by atoms with E-state index in [1.54, 1.807) is 0 Å². The summed E-state index contributed by atoms with van der Waals surface area (Å²) in [5, 5.41) is 0.674. The number of carbonyl (C=O) groups is 1. The summed E-state index contributed by atoms with van der Waals surface area (Å²) in [7, 11) is 0. The SMILES string of the molecule is CC(Oc1ccc(Cl)cc1)c1nc2ccccc2n1CC(=O)N(C1CCCCC1)C1CCCCC1. The molecule has 0 saturated heterocycles. The highest BCUT2D eigenvalue weighted by Crippen LogP contribution is 2.32. The van der Waals surface area contributed by atoms with Crippen LogP contribution >= 0.6 is 11.6 Å². The topological polar surface area (TPSA) is 47.4 Å². The Kier molecular flexibility index (Phi) is 7.62. The monoisotopic (exact) mass is 493 g/mol. The lowest BCUT2D eigenvalue weighted by Crippen LogP contribution is -2.50. The molecule has 1 unspecified atom stereocenters. The number of halogens is 1. The van der Waals surface area contributed by atoms with Crippen molar-refractivity contribution in [2.45, 2.75) is 95.9 Å². The second kappa shape index (κ2) is 11.0. The molecule has 2 fully saturated rings. The summed E-state index contributed by atoms with van der Waals surface area (Å²) >= 11 is 6.04. The maximum atomic E-state index is 14.0. The van der Waals surface area contributed by atoms with Gasteiger partial charge in [0.15, 0.2) is 11.9 Å². The molecule has 6 heteroatoms. The quantitative estimate of drug-likeness (QED) is 0.346. The van der Waals surface area contributed by atoms with Gasteiger partial charge in [-0.15, -0.1) is 0 Å². The van der Waals surface area contributed by atoms with E-state index in [-0.39, 0.29) is 12.0 Å². The summed E-state index contributed by atoms with van der Waals surface area (Å²) in [4.78, 5) is 21.2. The summed E-state index contributed by atoms with van der Waals surface area (Å²) in [5.41, 5.74) is 1.87. The number of nitrogens with zero attached hydrogens (tertiary/aromatic N) is 3. The van der Waals surface area contributed by atoms with E-state index in [9.17, 15) is 4.79 Å². The van der Waals surface area contributed by atoms with Crippen LogP contribution in [0.3, 0.4) is 0 Å². The summed E-state index contributed by atoms with van der Waals surface area (Å²) < 4.78 is 8.31. The number of aromatic nitrogens is 2. The van der Waals surface area contributed by atoms with E-state index in [0.29, 0.717) is 23.7 Å². The van der Waals surface area contributed by atoms with E-state index in [4.69, 9.17) is 21.3 Å². The van der Waals surface area contributed by atoms with Gasteiger partial charge >= 0.3 is 0 Å². The Hall–Kier alpha value is -2.53. The molecule has 2 aliphatic carbocycles. The van der Waals surface area contributed by atoms with Crippen LogP contribution in [0.2, 0.25) is 5.02 Å². The van der Waals surface area contributed by atoms with Crippen LogP contribution in [-0.4, -0.2) is 32.4 Å². The first kappa shape index (κ1) is 24.2. The van der Waals surface area contributed by atoms with Crippen LogP contribution in [0.25, 0.3) is 11.0 Å². The first-order valence-electron chi connectivity index (χ1n) is 13.3. The van der Waals surface area contributed by atoms with Gasteiger partial charge in [0.05, 0.1) is 11.0 Å². The predicted octanol–water partition coefficient (Wildman–Crippen LogP) is 7.32. The minimum atomic E-state index is -0.311. The molecule has 0 bridgehead atoms. The Morgan fingerprint density at radius 3 is 2.20 bits per heavy atom. The molecule has 186 valence electrons. The third-order valence-electron chi connectivity index (χ3n) is 7.69. The van der Waals surface area contributed by atoms with E-state index in [1.165, 1.54) is 38.5 Å². The zero-order chi connectivity index (χ0) is 24.2. The van der Waals surface area contributed by atoms with Crippen LogP contribution < -0.4 is 4.74 Å². The molecule has 2 aliphatic rings. The van der Waals surface area contributed by atoms with Crippen molar-refractivity contribution in [3.8, 4) is 5.75 Å². The Bertz CT molecular complexity index is 1110. The van der Waals surface area contributed by atoms with Gasteiger partial charge in [-0.25, -0.2) is 4.98 Å². The zero-order valence-corrected chi connectivity index (χ0v) is 21.4. The van der Waals surface area contributed by atoms with Crippen LogP contribution in [0.1, 0.15) is 83.1 Å². The molecule has 2 aromatic carbocycles. The molecule has 1 aromatic heterocycles. The average Bonchev–Trinajstić information content (AvgIpc) is 3.25. The number of benzene rings is 2. The third-order valence-corrected chi connectivity index (χ3v) is 7.94. The maximum Gasteiger partial charge on any atom is 0.243 e. The highest BCUT2D eigenvalue weighted by molar-refractivity contribution is 6.30. The summed E-state index contributed by atoms with van der Waals surface area (Å²) in [6, 6.07) is 16.2. The molecule has 0 spiro atoms. The molecule has 1 atom stereocenters. The van der Waals surface area contributed by atoms with Gasteiger partial charge in [0.25, 0.3) is 0 Å². The minimum Gasteiger partial charge on any atom is -0.483 e. The standard InChI is InChI=1S/C29H36ClN3O2/c1-21(35-25-18-16-22(30)17-19-25)29-31-26-14-8-9-15-27(26)32(29)20-28(34)33(23-10-4-2-5-11-23)24-12-6-3-7-13-24/h8-9,14-19,21,23-24H,2-7,10-13,20H2,1H3. The Morgan fingerprint density at radius 2 is 1.57 bits per heavy atom. The lowest BCUT2D eigenvalue weighted by Gasteiger charge is -2.42. The van der Waals surface area contributed by atoms with Crippen LogP contribution in [0.5, 0.6) is 5.75 Å². The molecule has 1 heterocycles. The van der Waals surface area contributed by atoms with E-state index in [1.807, 2.05) is 49.4 Å². The van der Waals surface area contributed by atoms with Crippen LogP contribution in [-0.2, 0) is 11.3 Å². The number of fused-ring (bicyclic) bond motifs is 1. The summed E-state index contributed by atoms with van der Waals surface area (Å²) in [6.07, 6.45) is 11.7. The number of imidazole rings is 1. The summed E-state index contributed by atoms with van der Waals surface area (Å²) in [5.74, 6) is 1.74. The predicted molar refractivity (Wildman–Crippen MR) is 141 cm³/mol. The number of carbonyl (C=O) groups excluding carboxylic acids is 1. The fourth-order valence-electron chi connectivity index (χ4n) is 5.98.